The molecule has 0 saturated carbocycles. The second-order valence-corrected chi connectivity index (χ2v) is 6.83. The molecule has 0 aliphatic rings. The summed E-state index contributed by atoms with van der Waals surface area (Å²) in [5.74, 6) is 0. The normalized spacial score (nSPS) is 11.2. The van der Waals surface area contributed by atoms with Crippen LogP contribution in [0.4, 0.5) is 0 Å². The van der Waals surface area contributed by atoms with Gasteiger partial charge in [0.05, 0.1) is 17.9 Å². The molecule has 0 radical (unpaired) electrons. The van der Waals surface area contributed by atoms with Gasteiger partial charge in [0.15, 0.2) is 0 Å². The molecule has 0 aliphatic carbocycles. The molecule has 0 spiro atoms. The van der Waals surface area contributed by atoms with Gasteiger partial charge < -0.3 is 8.97 Å². The van der Waals surface area contributed by atoms with Crippen molar-refractivity contribution in [1.82, 2.24) is 14.0 Å². The second-order valence-electron chi connectivity index (χ2n) is 6.83. The van der Waals surface area contributed by atoms with E-state index in [9.17, 15) is 4.79 Å². The zero-order valence-corrected chi connectivity index (χ0v) is 15.2. The summed E-state index contributed by atoms with van der Waals surface area (Å²) in [6.45, 7) is 6.46. The van der Waals surface area contributed by atoms with Crippen LogP contribution in [-0.2, 0) is 6.54 Å². The summed E-state index contributed by atoms with van der Waals surface area (Å²) in [5, 5.41) is 0. The molecule has 0 fully saturated rings. The largest absolute Gasteiger partial charge is 0.309 e. The minimum atomic E-state index is 0.0324. The summed E-state index contributed by atoms with van der Waals surface area (Å²) in [7, 11) is 0. The lowest BCUT2D eigenvalue weighted by Crippen LogP contribution is -2.22. The van der Waals surface area contributed by atoms with E-state index in [-0.39, 0.29) is 5.56 Å². The van der Waals surface area contributed by atoms with Gasteiger partial charge in [-0.2, -0.15) is 0 Å². The van der Waals surface area contributed by atoms with Crippen molar-refractivity contribution in [3.8, 4) is 11.3 Å². The van der Waals surface area contributed by atoms with Crippen molar-refractivity contribution in [2.75, 3.05) is 0 Å². The Labute approximate surface area is 152 Å². The fraction of sp³-hybridized carbons (Fsp3) is 0.182. The van der Waals surface area contributed by atoms with Gasteiger partial charge >= 0.3 is 0 Å². The first-order valence-corrected chi connectivity index (χ1v) is 8.73. The van der Waals surface area contributed by atoms with Crippen LogP contribution >= 0.6 is 0 Å². The van der Waals surface area contributed by atoms with Crippen molar-refractivity contribution < 1.29 is 0 Å². The summed E-state index contributed by atoms with van der Waals surface area (Å²) in [6.07, 6.45) is 3.92. The number of aromatic nitrogens is 3. The van der Waals surface area contributed by atoms with Gasteiger partial charge in [0.2, 0.25) is 0 Å². The van der Waals surface area contributed by atoms with E-state index < -0.39 is 0 Å². The zero-order chi connectivity index (χ0) is 18.3. The van der Waals surface area contributed by atoms with Crippen LogP contribution in [0.15, 0.2) is 65.7 Å². The molecule has 4 aromatic rings. The van der Waals surface area contributed by atoms with Crippen LogP contribution in [0.1, 0.15) is 22.4 Å². The molecule has 0 unspecified atom stereocenters. The van der Waals surface area contributed by atoms with Crippen LogP contribution < -0.4 is 5.56 Å². The lowest BCUT2D eigenvalue weighted by molar-refractivity contribution is 0.728. The smallest absolute Gasteiger partial charge is 0.253 e. The lowest BCUT2D eigenvalue weighted by Gasteiger charge is -2.09. The number of nitrogens with zero attached hydrogens (tertiary/aromatic N) is 3. The Morgan fingerprint density at radius 3 is 2.42 bits per heavy atom. The van der Waals surface area contributed by atoms with Gasteiger partial charge in [-0.15, -0.1) is 0 Å². The maximum Gasteiger partial charge on any atom is 0.253 e. The topological polar surface area (TPSA) is 39.3 Å². The third-order valence-corrected chi connectivity index (χ3v) is 4.72. The average Bonchev–Trinajstić information content (AvgIpc) is 2.97. The predicted octanol–water partition coefficient (Wildman–Crippen LogP) is 4.14. The quantitative estimate of drug-likeness (QED) is 0.561. The summed E-state index contributed by atoms with van der Waals surface area (Å²) in [5.41, 5.74) is 7.03. The van der Waals surface area contributed by atoms with E-state index in [4.69, 9.17) is 4.98 Å². The first-order chi connectivity index (χ1) is 12.5. The van der Waals surface area contributed by atoms with Gasteiger partial charge in [-0.3, -0.25) is 4.79 Å². The Morgan fingerprint density at radius 2 is 1.65 bits per heavy atom. The summed E-state index contributed by atoms with van der Waals surface area (Å²) >= 11 is 0. The van der Waals surface area contributed by atoms with Crippen LogP contribution in [0.2, 0.25) is 0 Å². The average molecular weight is 343 g/mol. The van der Waals surface area contributed by atoms with Crippen LogP contribution in [0.3, 0.4) is 0 Å². The molecule has 0 bridgehead atoms. The highest BCUT2D eigenvalue weighted by atomic mass is 16.1. The van der Waals surface area contributed by atoms with E-state index in [1.165, 1.54) is 5.56 Å². The van der Waals surface area contributed by atoms with Crippen LogP contribution in [0.25, 0.3) is 16.9 Å². The molecular formula is C22H21N3O. The molecule has 4 heteroatoms. The first kappa shape index (κ1) is 16.3. The van der Waals surface area contributed by atoms with Crippen molar-refractivity contribution in [2.45, 2.75) is 27.3 Å². The van der Waals surface area contributed by atoms with E-state index >= 15 is 0 Å². The number of aryl methyl sites for hydroxylation is 3. The Kier molecular flexibility index (Phi) is 3.96. The van der Waals surface area contributed by atoms with Gasteiger partial charge in [0.1, 0.15) is 5.65 Å². The minimum absolute atomic E-state index is 0.0324. The van der Waals surface area contributed by atoms with Crippen LogP contribution in [0.5, 0.6) is 0 Å². The summed E-state index contributed by atoms with van der Waals surface area (Å²) in [4.78, 5) is 17.4. The Hall–Kier alpha value is -3.14. The summed E-state index contributed by atoms with van der Waals surface area (Å²) < 4.78 is 3.85. The van der Waals surface area contributed by atoms with Crippen molar-refractivity contribution >= 4 is 5.65 Å². The van der Waals surface area contributed by atoms with Crippen LogP contribution in [0, 0.1) is 20.8 Å². The molecule has 4 rings (SSSR count). The standard InChI is InChI=1S/C22H21N3O/c1-15-6-9-18(10-7-15)21-19(14-24-12-4-5-17(3)22(24)26)25-13-16(2)8-11-20(25)23-21/h4-13H,14H2,1-3H3. The van der Waals surface area contributed by atoms with E-state index in [1.807, 2.05) is 31.3 Å². The molecule has 0 saturated heterocycles. The molecule has 3 heterocycles. The first-order valence-electron chi connectivity index (χ1n) is 8.73. The summed E-state index contributed by atoms with van der Waals surface area (Å²) in [6, 6.07) is 16.2. The van der Waals surface area contributed by atoms with E-state index in [1.54, 1.807) is 4.57 Å². The molecule has 3 aromatic heterocycles. The fourth-order valence-corrected chi connectivity index (χ4v) is 3.24. The maximum atomic E-state index is 12.5. The van der Waals surface area contributed by atoms with Gasteiger partial charge in [-0.25, -0.2) is 4.98 Å². The molecule has 0 N–H and O–H groups in total. The van der Waals surface area contributed by atoms with Crippen molar-refractivity contribution in [3.05, 3.63) is 93.7 Å². The monoisotopic (exact) mass is 343 g/mol. The Bertz CT molecular complexity index is 1150. The third kappa shape index (κ3) is 2.84. The van der Waals surface area contributed by atoms with E-state index in [0.29, 0.717) is 6.54 Å². The molecule has 130 valence electrons. The number of pyridine rings is 2. The van der Waals surface area contributed by atoms with Gasteiger partial charge in [-0.1, -0.05) is 42.0 Å². The third-order valence-electron chi connectivity index (χ3n) is 4.72. The van der Waals surface area contributed by atoms with Gasteiger partial charge in [0.25, 0.3) is 5.56 Å². The van der Waals surface area contributed by atoms with Crippen molar-refractivity contribution in [2.24, 2.45) is 0 Å². The SMILES string of the molecule is Cc1ccc(-c2nc3ccc(C)cn3c2Cn2cccc(C)c2=O)cc1. The number of fused-ring (bicyclic) bond motifs is 1. The van der Waals surface area contributed by atoms with Gasteiger partial charge in [0, 0.05) is 23.5 Å². The Morgan fingerprint density at radius 1 is 0.923 bits per heavy atom. The van der Waals surface area contributed by atoms with Crippen molar-refractivity contribution in [3.63, 3.8) is 0 Å². The maximum absolute atomic E-state index is 12.5. The molecule has 26 heavy (non-hydrogen) atoms. The minimum Gasteiger partial charge on any atom is -0.309 e. The Balaban J connectivity index is 1.94. The molecule has 0 aliphatic heterocycles. The van der Waals surface area contributed by atoms with Crippen LogP contribution in [-0.4, -0.2) is 14.0 Å². The number of hydrogen-bond donors (Lipinski definition) is 0. The number of rotatable bonds is 3. The van der Waals surface area contributed by atoms with E-state index in [0.717, 1.165) is 33.7 Å². The number of hydrogen-bond acceptors (Lipinski definition) is 2. The highest BCUT2D eigenvalue weighted by Crippen LogP contribution is 2.26. The fourth-order valence-electron chi connectivity index (χ4n) is 3.24. The lowest BCUT2D eigenvalue weighted by atomic mass is 10.1. The van der Waals surface area contributed by atoms with Gasteiger partial charge in [-0.05, 0) is 38.5 Å². The number of imidazole rings is 1. The number of benzene rings is 1. The zero-order valence-electron chi connectivity index (χ0n) is 15.2. The highest BCUT2D eigenvalue weighted by Gasteiger charge is 2.15. The molecule has 4 nitrogen and oxygen atoms in total. The highest BCUT2D eigenvalue weighted by molar-refractivity contribution is 5.67. The second kappa shape index (κ2) is 6.30. The van der Waals surface area contributed by atoms with E-state index in [2.05, 4.69) is 54.8 Å². The predicted molar refractivity (Wildman–Crippen MR) is 105 cm³/mol. The van der Waals surface area contributed by atoms with Crippen molar-refractivity contribution in [1.29, 1.82) is 0 Å². The molecule has 0 atom stereocenters. The molecule has 1 aromatic carbocycles. The molecular weight excluding hydrogens is 322 g/mol. The molecule has 0 amide bonds.